The predicted molar refractivity (Wildman–Crippen MR) is 114 cm³/mol. The Bertz CT molecular complexity index is 941. The summed E-state index contributed by atoms with van der Waals surface area (Å²) < 4.78 is 9.96. The van der Waals surface area contributed by atoms with Crippen molar-refractivity contribution in [3.8, 4) is 0 Å². The molecule has 0 bridgehead atoms. The van der Waals surface area contributed by atoms with Gasteiger partial charge >= 0.3 is 5.97 Å². The Balaban J connectivity index is 1.59. The van der Waals surface area contributed by atoms with Crippen LogP contribution in [0.1, 0.15) is 12.6 Å². The minimum atomic E-state index is -0.513. The van der Waals surface area contributed by atoms with Crippen LogP contribution < -0.4 is 15.8 Å². The number of nitrogens with one attached hydrogen (secondary N) is 2. The van der Waals surface area contributed by atoms with E-state index in [0.29, 0.717) is 24.6 Å². The molecule has 1 atom stereocenters. The Labute approximate surface area is 178 Å². The van der Waals surface area contributed by atoms with Crippen LogP contribution in [-0.4, -0.2) is 60.5 Å². The smallest absolute Gasteiger partial charge is 0.311 e. The lowest BCUT2D eigenvalue weighted by Gasteiger charge is -2.28. The standard InChI is InChI=1S/C20H24N4O5S/c1-13(30-20-22-15(11-17(25)23-20)12-18(26)28-2)19(27)21-14-3-5-16(6-4-14)24-7-9-29-10-8-24/h3-6,11,13H,7-10,12H2,1-2H3,(H,21,27)(H,22,23,25)/t13-/m1/s1. The van der Waals surface area contributed by atoms with Gasteiger partial charge in [0.2, 0.25) is 5.91 Å². The van der Waals surface area contributed by atoms with Crippen LogP contribution in [0.2, 0.25) is 0 Å². The quantitative estimate of drug-likeness (QED) is 0.384. The number of esters is 1. The number of hydrogen-bond acceptors (Lipinski definition) is 8. The Morgan fingerprint density at radius 1 is 1.30 bits per heavy atom. The third-order valence-electron chi connectivity index (χ3n) is 4.49. The summed E-state index contributed by atoms with van der Waals surface area (Å²) in [5.41, 5.74) is 1.67. The molecule has 2 aromatic rings. The molecule has 9 nitrogen and oxygen atoms in total. The van der Waals surface area contributed by atoms with E-state index in [1.165, 1.54) is 13.2 Å². The molecular formula is C20H24N4O5S. The number of thioether (sulfide) groups is 1. The lowest BCUT2D eigenvalue weighted by Crippen LogP contribution is -2.36. The molecule has 1 aromatic carbocycles. The van der Waals surface area contributed by atoms with E-state index in [2.05, 4.69) is 24.9 Å². The van der Waals surface area contributed by atoms with Gasteiger partial charge in [0.15, 0.2) is 5.16 Å². The maximum absolute atomic E-state index is 12.5. The fraction of sp³-hybridized carbons (Fsp3) is 0.400. The first-order valence-corrected chi connectivity index (χ1v) is 10.4. The van der Waals surface area contributed by atoms with Crippen LogP contribution in [0, 0.1) is 0 Å². The number of carbonyl (C=O) groups is 2. The van der Waals surface area contributed by atoms with Gasteiger partial charge in [-0.1, -0.05) is 11.8 Å². The van der Waals surface area contributed by atoms with Gasteiger partial charge in [0.05, 0.1) is 37.7 Å². The molecule has 2 heterocycles. The molecule has 3 rings (SSSR count). The average molecular weight is 433 g/mol. The van der Waals surface area contributed by atoms with E-state index in [-0.39, 0.29) is 17.5 Å². The van der Waals surface area contributed by atoms with Crippen LogP contribution in [-0.2, 0) is 25.5 Å². The van der Waals surface area contributed by atoms with Crippen LogP contribution >= 0.6 is 11.8 Å². The van der Waals surface area contributed by atoms with Gasteiger partial charge in [0.25, 0.3) is 5.56 Å². The molecule has 0 radical (unpaired) electrons. The molecule has 0 aliphatic carbocycles. The number of hydrogen-bond donors (Lipinski definition) is 2. The number of H-pyrrole nitrogens is 1. The number of carbonyl (C=O) groups excluding carboxylic acids is 2. The maximum atomic E-state index is 12.5. The topological polar surface area (TPSA) is 114 Å². The van der Waals surface area contributed by atoms with Crippen molar-refractivity contribution in [1.82, 2.24) is 9.97 Å². The number of anilines is 2. The molecule has 0 unspecified atom stereocenters. The lowest BCUT2D eigenvalue weighted by molar-refractivity contribution is -0.139. The number of nitrogens with zero attached hydrogens (tertiary/aromatic N) is 2. The zero-order valence-electron chi connectivity index (χ0n) is 16.8. The van der Waals surface area contributed by atoms with Crippen LogP contribution in [0.3, 0.4) is 0 Å². The number of amides is 1. The van der Waals surface area contributed by atoms with Gasteiger partial charge in [-0.2, -0.15) is 0 Å². The largest absolute Gasteiger partial charge is 0.469 e. The molecular weight excluding hydrogens is 408 g/mol. The molecule has 160 valence electrons. The highest BCUT2D eigenvalue weighted by Crippen LogP contribution is 2.22. The Morgan fingerprint density at radius 2 is 2.00 bits per heavy atom. The molecule has 10 heteroatoms. The van der Waals surface area contributed by atoms with Gasteiger partial charge in [-0.15, -0.1) is 0 Å². The Morgan fingerprint density at radius 3 is 2.67 bits per heavy atom. The van der Waals surface area contributed by atoms with Crippen molar-refractivity contribution in [3.63, 3.8) is 0 Å². The fourth-order valence-electron chi connectivity index (χ4n) is 2.89. The van der Waals surface area contributed by atoms with Gasteiger partial charge in [0.1, 0.15) is 0 Å². The van der Waals surface area contributed by atoms with E-state index in [0.717, 1.165) is 30.5 Å². The first kappa shape index (κ1) is 21.8. The summed E-state index contributed by atoms with van der Waals surface area (Å²) in [6.45, 7) is 4.84. The number of ether oxygens (including phenoxy) is 2. The van der Waals surface area contributed by atoms with E-state index >= 15 is 0 Å². The summed E-state index contributed by atoms with van der Waals surface area (Å²) in [4.78, 5) is 44.8. The zero-order chi connectivity index (χ0) is 21.5. The van der Waals surface area contributed by atoms with Gasteiger partial charge < -0.3 is 24.7 Å². The molecule has 1 saturated heterocycles. The van der Waals surface area contributed by atoms with E-state index < -0.39 is 16.8 Å². The van der Waals surface area contributed by atoms with Gasteiger partial charge in [0, 0.05) is 30.5 Å². The summed E-state index contributed by atoms with van der Waals surface area (Å²) in [7, 11) is 1.27. The monoisotopic (exact) mass is 432 g/mol. The first-order chi connectivity index (χ1) is 14.4. The number of rotatable bonds is 7. The number of aromatic nitrogens is 2. The molecule has 1 amide bonds. The second kappa shape index (κ2) is 10.3. The van der Waals surface area contributed by atoms with Crippen molar-refractivity contribution < 1.29 is 19.1 Å². The molecule has 0 spiro atoms. The SMILES string of the molecule is COC(=O)Cc1cc(=O)[nH]c(S[C@H](C)C(=O)Nc2ccc(N3CCOCC3)cc2)n1. The van der Waals surface area contributed by atoms with Crippen LogP contribution in [0.5, 0.6) is 0 Å². The normalized spacial score (nSPS) is 14.8. The minimum Gasteiger partial charge on any atom is -0.469 e. The molecule has 0 saturated carbocycles. The summed E-state index contributed by atoms with van der Waals surface area (Å²) in [5, 5.41) is 2.62. The molecule has 2 N–H and O–H groups in total. The van der Waals surface area contributed by atoms with Crippen molar-refractivity contribution in [2.24, 2.45) is 0 Å². The molecule has 1 aliphatic rings. The number of methoxy groups -OCH3 is 1. The van der Waals surface area contributed by atoms with Crippen LogP contribution in [0.15, 0.2) is 40.3 Å². The van der Waals surface area contributed by atoms with Gasteiger partial charge in [-0.3, -0.25) is 14.4 Å². The lowest BCUT2D eigenvalue weighted by atomic mass is 10.2. The predicted octanol–water partition coefficient (Wildman–Crippen LogP) is 1.44. The highest BCUT2D eigenvalue weighted by Gasteiger charge is 2.18. The summed E-state index contributed by atoms with van der Waals surface area (Å²) >= 11 is 1.11. The molecule has 1 fully saturated rings. The van der Waals surface area contributed by atoms with Crippen LogP contribution in [0.25, 0.3) is 0 Å². The second-order valence-corrected chi connectivity index (χ2v) is 8.02. The number of benzene rings is 1. The molecule has 1 aromatic heterocycles. The van der Waals surface area contributed by atoms with Crippen LogP contribution in [0.4, 0.5) is 11.4 Å². The minimum absolute atomic E-state index is 0.107. The van der Waals surface area contributed by atoms with Crippen molar-refractivity contribution in [2.45, 2.75) is 23.8 Å². The average Bonchev–Trinajstić information content (AvgIpc) is 2.74. The van der Waals surface area contributed by atoms with Gasteiger partial charge in [-0.25, -0.2) is 4.98 Å². The van der Waals surface area contributed by atoms with E-state index in [4.69, 9.17) is 4.74 Å². The second-order valence-electron chi connectivity index (χ2n) is 6.69. The highest BCUT2D eigenvalue weighted by molar-refractivity contribution is 8.00. The van der Waals surface area contributed by atoms with Crippen molar-refractivity contribution in [2.75, 3.05) is 43.6 Å². The zero-order valence-corrected chi connectivity index (χ0v) is 17.7. The van der Waals surface area contributed by atoms with E-state index in [9.17, 15) is 14.4 Å². The van der Waals surface area contributed by atoms with E-state index in [1.54, 1.807) is 6.92 Å². The highest BCUT2D eigenvalue weighted by atomic mass is 32.2. The number of aromatic amines is 1. The summed E-state index contributed by atoms with van der Waals surface area (Å²) in [6, 6.07) is 8.89. The molecule has 30 heavy (non-hydrogen) atoms. The van der Waals surface area contributed by atoms with Gasteiger partial charge in [-0.05, 0) is 31.2 Å². The van der Waals surface area contributed by atoms with Crippen molar-refractivity contribution in [3.05, 3.63) is 46.4 Å². The third-order valence-corrected chi connectivity index (χ3v) is 5.48. The Hall–Kier alpha value is -2.85. The van der Waals surface area contributed by atoms with E-state index in [1.807, 2.05) is 24.3 Å². The van der Waals surface area contributed by atoms with Crippen molar-refractivity contribution in [1.29, 1.82) is 0 Å². The Kier molecular flexibility index (Phi) is 7.47. The van der Waals surface area contributed by atoms with Crippen molar-refractivity contribution >= 4 is 35.0 Å². The molecule has 1 aliphatic heterocycles. The fourth-order valence-corrected chi connectivity index (χ4v) is 3.72. The maximum Gasteiger partial charge on any atom is 0.311 e. The number of morpholine rings is 1. The third kappa shape index (κ3) is 6.07. The summed E-state index contributed by atoms with van der Waals surface area (Å²) in [5.74, 6) is -0.712. The summed E-state index contributed by atoms with van der Waals surface area (Å²) in [6.07, 6.45) is -0.107. The first-order valence-electron chi connectivity index (χ1n) is 9.52.